The van der Waals surface area contributed by atoms with Crippen molar-refractivity contribution in [3.63, 3.8) is 0 Å². The maximum atomic E-state index is 10.9. The first-order valence-corrected chi connectivity index (χ1v) is 10.0. The van der Waals surface area contributed by atoms with Crippen molar-refractivity contribution in [3.8, 4) is 11.5 Å². The van der Waals surface area contributed by atoms with Gasteiger partial charge in [-0.3, -0.25) is 9.59 Å². The molecule has 2 aromatic carbocycles. The van der Waals surface area contributed by atoms with Crippen molar-refractivity contribution >= 4 is 11.8 Å². The van der Waals surface area contributed by atoms with Crippen LogP contribution in [0.1, 0.15) is 39.3 Å². The van der Waals surface area contributed by atoms with E-state index in [-0.39, 0.29) is 19.3 Å². The van der Waals surface area contributed by atoms with E-state index in [1.165, 1.54) is 0 Å². The second-order valence-electron chi connectivity index (χ2n) is 6.87. The van der Waals surface area contributed by atoms with E-state index < -0.39 is 11.9 Å². The predicted octanol–water partition coefficient (Wildman–Crippen LogP) is 2.83. The summed E-state index contributed by atoms with van der Waals surface area (Å²) in [6, 6.07) is 14.6. The lowest BCUT2D eigenvalue weighted by molar-refractivity contribution is -0.121. The fourth-order valence-electron chi connectivity index (χ4n) is 2.59. The summed E-state index contributed by atoms with van der Waals surface area (Å²) >= 11 is 0. The van der Waals surface area contributed by atoms with Crippen LogP contribution in [0.5, 0.6) is 11.5 Å². The first kappa shape index (κ1) is 27.9. The number of carbonyl (C=O) groups is 2. The number of rotatable bonds is 10. The summed E-state index contributed by atoms with van der Waals surface area (Å²) in [5.74, 6) is 0.803. The molecule has 2 aromatic rings. The highest BCUT2D eigenvalue weighted by Gasteiger charge is 2.10. The van der Waals surface area contributed by atoms with Gasteiger partial charge in [-0.05, 0) is 62.1 Å². The zero-order chi connectivity index (χ0) is 22.5. The Kier molecular flexibility index (Phi) is 13.4. The molecule has 2 amide bonds. The van der Waals surface area contributed by atoms with Crippen molar-refractivity contribution in [3.05, 3.63) is 59.7 Å². The van der Waals surface area contributed by atoms with Crippen LogP contribution in [0, 0.1) is 5.92 Å². The van der Waals surface area contributed by atoms with Crippen molar-refractivity contribution < 1.29 is 19.1 Å². The third-order valence-electron chi connectivity index (χ3n) is 4.32. The van der Waals surface area contributed by atoms with E-state index in [9.17, 15) is 9.59 Å². The summed E-state index contributed by atoms with van der Waals surface area (Å²) in [7, 11) is 0. The van der Waals surface area contributed by atoms with Gasteiger partial charge < -0.3 is 26.7 Å². The van der Waals surface area contributed by atoms with Gasteiger partial charge in [0.25, 0.3) is 0 Å². The molecule has 0 aliphatic rings. The smallest absolute Gasteiger partial charge is 0.234 e. The molecular formula is C24H37N3O4. The molecule has 0 radical (unpaired) electrons. The standard InChI is InChI=1S/C12H17NO2.C11H16N2O2.CH4/c1-3-15-11-6-4-10(5-7-11)8-9(2)12(13)14;1-2-15-9-5-3-8(4-6-9)7-10(12)11(13)14;/h4-7,9H,3,8H2,1-2H3,(H2,13,14);3-6,10H,2,7,12H2,1H3,(H2,13,14);1H4. The van der Waals surface area contributed by atoms with E-state index in [1.807, 2.05) is 69.3 Å². The Morgan fingerprint density at radius 2 is 1.16 bits per heavy atom. The van der Waals surface area contributed by atoms with Gasteiger partial charge in [0.1, 0.15) is 11.5 Å². The molecule has 0 aliphatic heterocycles. The lowest BCUT2D eigenvalue weighted by atomic mass is 10.0. The molecular weight excluding hydrogens is 394 g/mol. The van der Waals surface area contributed by atoms with E-state index in [0.29, 0.717) is 26.1 Å². The van der Waals surface area contributed by atoms with Crippen LogP contribution >= 0.6 is 0 Å². The SMILES string of the molecule is C.CCOc1ccc(CC(C)C(N)=O)cc1.CCOc1ccc(CC(N)C(N)=O)cc1. The lowest BCUT2D eigenvalue weighted by Crippen LogP contribution is -2.38. The minimum absolute atomic E-state index is 0. The molecule has 0 saturated carbocycles. The maximum absolute atomic E-state index is 10.9. The fraction of sp³-hybridized carbons (Fsp3) is 0.417. The number of hydrogen-bond donors (Lipinski definition) is 3. The Bertz CT molecular complexity index is 709. The number of hydrogen-bond acceptors (Lipinski definition) is 5. The van der Waals surface area contributed by atoms with Crippen molar-refractivity contribution in [1.82, 2.24) is 0 Å². The maximum Gasteiger partial charge on any atom is 0.234 e. The topological polar surface area (TPSA) is 131 Å². The van der Waals surface area contributed by atoms with E-state index in [2.05, 4.69) is 0 Å². The van der Waals surface area contributed by atoms with Crippen molar-refractivity contribution in [2.24, 2.45) is 23.1 Å². The normalized spacial score (nSPS) is 11.7. The van der Waals surface area contributed by atoms with E-state index in [4.69, 9.17) is 26.7 Å². The van der Waals surface area contributed by atoms with E-state index >= 15 is 0 Å². The molecule has 0 bridgehead atoms. The fourth-order valence-corrected chi connectivity index (χ4v) is 2.59. The Hall–Kier alpha value is -3.06. The molecule has 6 N–H and O–H groups in total. The predicted molar refractivity (Wildman–Crippen MR) is 125 cm³/mol. The Morgan fingerprint density at radius 3 is 1.48 bits per heavy atom. The van der Waals surface area contributed by atoms with Crippen LogP contribution in [0.2, 0.25) is 0 Å². The molecule has 172 valence electrons. The Morgan fingerprint density at radius 1 is 0.774 bits per heavy atom. The van der Waals surface area contributed by atoms with Gasteiger partial charge in [-0.15, -0.1) is 0 Å². The minimum atomic E-state index is -0.622. The second kappa shape index (κ2) is 14.8. The van der Waals surface area contributed by atoms with Gasteiger partial charge in [-0.25, -0.2) is 0 Å². The summed E-state index contributed by atoms with van der Waals surface area (Å²) in [6.07, 6.45) is 1.14. The summed E-state index contributed by atoms with van der Waals surface area (Å²) in [5.41, 5.74) is 17.9. The van der Waals surface area contributed by atoms with Crippen molar-refractivity contribution in [2.45, 2.75) is 47.1 Å². The van der Waals surface area contributed by atoms with Crippen molar-refractivity contribution in [1.29, 1.82) is 0 Å². The van der Waals surface area contributed by atoms with Gasteiger partial charge in [0.15, 0.2) is 0 Å². The Labute approximate surface area is 185 Å². The average Bonchev–Trinajstić information content (AvgIpc) is 2.71. The molecule has 7 heteroatoms. The molecule has 0 spiro atoms. The number of nitrogens with two attached hydrogens (primary N) is 3. The summed E-state index contributed by atoms with van der Waals surface area (Å²) in [5, 5.41) is 0. The van der Waals surface area contributed by atoms with Crippen LogP contribution in [-0.2, 0) is 22.4 Å². The van der Waals surface area contributed by atoms with Crippen LogP contribution in [0.3, 0.4) is 0 Å². The van der Waals surface area contributed by atoms with Gasteiger partial charge in [0.05, 0.1) is 19.3 Å². The molecule has 0 heterocycles. The Balaban J connectivity index is 0.000000562. The molecule has 31 heavy (non-hydrogen) atoms. The molecule has 7 nitrogen and oxygen atoms in total. The molecule has 0 saturated heterocycles. The lowest BCUT2D eigenvalue weighted by Gasteiger charge is -2.08. The average molecular weight is 432 g/mol. The summed E-state index contributed by atoms with van der Waals surface area (Å²) in [4.78, 5) is 21.6. The van der Waals surface area contributed by atoms with Gasteiger partial charge in [0.2, 0.25) is 11.8 Å². The van der Waals surface area contributed by atoms with Crippen LogP contribution in [0.4, 0.5) is 0 Å². The van der Waals surface area contributed by atoms with Crippen LogP contribution in [0.25, 0.3) is 0 Å². The molecule has 2 atom stereocenters. The number of carbonyl (C=O) groups excluding carboxylic acids is 2. The number of benzene rings is 2. The van der Waals surface area contributed by atoms with Crippen LogP contribution in [-0.4, -0.2) is 31.1 Å². The first-order chi connectivity index (χ1) is 14.3. The highest BCUT2D eigenvalue weighted by molar-refractivity contribution is 5.79. The van der Waals surface area contributed by atoms with E-state index in [0.717, 1.165) is 22.6 Å². The number of ether oxygens (including phenoxy) is 2. The molecule has 0 aliphatic carbocycles. The first-order valence-electron chi connectivity index (χ1n) is 10.0. The largest absolute Gasteiger partial charge is 0.494 e. The number of amides is 2. The quantitative estimate of drug-likeness (QED) is 0.532. The molecule has 2 unspecified atom stereocenters. The van der Waals surface area contributed by atoms with Gasteiger partial charge >= 0.3 is 0 Å². The van der Waals surface area contributed by atoms with Gasteiger partial charge in [0, 0.05) is 5.92 Å². The molecule has 0 aromatic heterocycles. The highest BCUT2D eigenvalue weighted by atomic mass is 16.5. The van der Waals surface area contributed by atoms with E-state index in [1.54, 1.807) is 0 Å². The van der Waals surface area contributed by atoms with Gasteiger partial charge in [-0.1, -0.05) is 38.6 Å². The minimum Gasteiger partial charge on any atom is -0.494 e. The summed E-state index contributed by atoms with van der Waals surface area (Å²) in [6.45, 7) is 7.01. The molecule has 2 rings (SSSR count). The van der Waals surface area contributed by atoms with Crippen molar-refractivity contribution in [2.75, 3.05) is 13.2 Å². The highest BCUT2D eigenvalue weighted by Crippen LogP contribution is 2.15. The summed E-state index contributed by atoms with van der Waals surface area (Å²) < 4.78 is 10.6. The van der Waals surface area contributed by atoms with Gasteiger partial charge in [-0.2, -0.15) is 0 Å². The third-order valence-corrected chi connectivity index (χ3v) is 4.32. The van der Waals surface area contributed by atoms with Crippen LogP contribution in [0.15, 0.2) is 48.5 Å². The zero-order valence-electron chi connectivity index (χ0n) is 18.0. The third kappa shape index (κ3) is 11.1. The van der Waals surface area contributed by atoms with Crippen LogP contribution < -0.4 is 26.7 Å². The zero-order valence-corrected chi connectivity index (χ0v) is 18.0. The second-order valence-corrected chi connectivity index (χ2v) is 6.87. The molecule has 0 fully saturated rings. The number of primary amides is 2. The monoisotopic (exact) mass is 431 g/mol.